The number of hydrogen-bond acceptors (Lipinski definition) is 4. The predicted octanol–water partition coefficient (Wildman–Crippen LogP) is 1.75. The highest BCUT2D eigenvalue weighted by Gasteiger charge is 2.17. The molecule has 14 heavy (non-hydrogen) atoms. The van der Waals surface area contributed by atoms with Gasteiger partial charge in [-0.05, 0) is 18.2 Å². The Labute approximate surface area is 78.2 Å². The van der Waals surface area contributed by atoms with Crippen molar-refractivity contribution in [1.82, 2.24) is 5.16 Å². The Morgan fingerprint density at radius 1 is 1.57 bits per heavy atom. The number of esters is 1. The maximum atomic E-state index is 12.8. The van der Waals surface area contributed by atoms with Crippen molar-refractivity contribution in [1.29, 1.82) is 0 Å². The van der Waals surface area contributed by atoms with E-state index in [2.05, 4.69) is 9.89 Å². The average molecular weight is 195 g/mol. The molecule has 0 bridgehead atoms. The van der Waals surface area contributed by atoms with E-state index in [9.17, 15) is 9.18 Å². The molecule has 0 atom stereocenters. The Morgan fingerprint density at radius 2 is 2.36 bits per heavy atom. The van der Waals surface area contributed by atoms with E-state index in [4.69, 9.17) is 4.52 Å². The Hall–Kier alpha value is -1.91. The molecule has 1 aromatic carbocycles. The lowest BCUT2D eigenvalue weighted by Gasteiger charge is -1.92. The molecule has 0 saturated carbocycles. The van der Waals surface area contributed by atoms with Gasteiger partial charge in [-0.3, -0.25) is 0 Å². The molecule has 0 amide bonds. The molecule has 5 heteroatoms. The number of carbonyl (C=O) groups excluding carboxylic acids is 1. The van der Waals surface area contributed by atoms with Crippen LogP contribution in [0.3, 0.4) is 0 Å². The number of rotatable bonds is 1. The van der Waals surface area contributed by atoms with E-state index in [0.717, 1.165) is 0 Å². The molecule has 0 radical (unpaired) electrons. The molecule has 0 aliphatic rings. The van der Waals surface area contributed by atoms with E-state index < -0.39 is 11.8 Å². The Bertz CT molecular complexity index is 492. The van der Waals surface area contributed by atoms with E-state index in [1.807, 2.05) is 0 Å². The monoisotopic (exact) mass is 195 g/mol. The molecule has 0 N–H and O–H groups in total. The van der Waals surface area contributed by atoms with Gasteiger partial charge in [-0.2, -0.15) is 0 Å². The molecule has 0 saturated heterocycles. The number of methoxy groups -OCH3 is 1. The van der Waals surface area contributed by atoms with Crippen LogP contribution < -0.4 is 0 Å². The largest absolute Gasteiger partial charge is 0.463 e. The summed E-state index contributed by atoms with van der Waals surface area (Å²) in [6.07, 6.45) is 0. The van der Waals surface area contributed by atoms with Gasteiger partial charge in [-0.1, -0.05) is 5.16 Å². The van der Waals surface area contributed by atoms with Crippen LogP contribution in [-0.4, -0.2) is 18.2 Å². The van der Waals surface area contributed by atoms with E-state index >= 15 is 0 Å². The van der Waals surface area contributed by atoms with Crippen molar-refractivity contribution in [2.75, 3.05) is 7.11 Å². The fourth-order valence-electron chi connectivity index (χ4n) is 1.15. The van der Waals surface area contributed by atoms with Crippen LogP contribution in [-0.2, 0) is 4.74 Å². The second kappa shape index (κ2) is 3.10. The van der Waals surface area contributed by atoms with E-state index in [-0.39, 0.29) is 5.76 Å². The third-order valence-corrected chi connectivity index (χ3v) is 1.81. The fraction of sp³-hybridized carbons (Fsp3) is 0.111. The van der Waals surface area contributed by atoms with Crippen LogP contribution in [0.2, 0.25) is 0 Å². The van der Waals surface area contributed by atoms with Crippen LogP contribution in [0.25, 0.3) is 10.9 Å². The van der Waals surface area contributed by atoms with Crippen LogP contribution >= 0.6 is 0 Å². The first-order chi connectivity index (χ1) is 6.72. The third kappa shape index (κ3) is 1.22. The van der Waals surface area contributed by atoms with Crippen LogP contribution in [0.4, 0.5) is 4.39 Å². The third-order valence-electron chi connectivity index (χ3n) is 1.81. The van der Waals surface area contributed by atoms with Crippen molar-refractivity contribution < 1.29 is 18.4 Å². The summed E-state index contributed by atoms with van der Waals surface area (Å²) in [5.41, 5.74) is 0.423. The van der Waals surface area contributed by atoms with Crippen LogP contribution in [0.5, 0.6) is 0 Å². The van der Waals surface area contributed by atoms with Crippen LogP contribution in [0.1, 0.15) is 10.6 Å². The number of carbonyl (C=O) groups is 1. The zero-order valence-corrected chi connectivity index (χ0v) is 7.28. The van der Waals surface area contributed by atoms with Gasteiger partial charge in [0.25, 0.3) is 5.76 Å². The van der Waals surface area contributed by atoms with Gasteiger partial charge in [0.2, 0.25) is 0 Å². The van der Waals surface area contributed by atoms with Crippen molar-refractivity contribution in [3.05, 3.63) is 29.8 Å². The normalized spacial score (nSPS) is 10.4. The van der Waals surface area contributed by atoms with Gasteiger partial charge in [0, 0.05) is 0 Å². The van der Waals surface area contributed by atoms with E-state index in [0.29, 0.717) is 10.9 Å². The molecule has 0 fully saturated rings. The molecular formula is C9H6FNO3. The summed E-state index contributed by atoms with van der Waals surface area (Å²) in [5, 5.41) is 3.90. The summed E-state index contributed by atoms with van der Waals surface area (Å²) >= 11 is 0. The minimum Gasteiger partial charge on any atom is -0.463 e. The molecular weight excluding hydrogens is 189 g/mol. The van der Waals surface area contributed by atoms with Crippen molar-refractivity contribution >= 4 is 16.9 Å². The van der Waals surface area contributed by atoms with Gasteiger partial charge in [-0.15, -0.1) is 0 Å². The molecule has 0 aliphatic carbocycles. The molecule has 72 valence electrons. The van der Waals surface area contributed by atoms with E-state index in [1.54, 1.807) is 0 Å². The molecule has 1 heterocycles. The SMILES string of the molecule is COC(=O)c1onc2ccc(F)cc12. The van der Waals surface area contributed by atoms with Gasteiger partial charge < -0.3 is 9.26 Å². The highest BCUT2D eigenvalue weighted by Crippen LogP contribution is 2.19. The Balaban J connectivity index is 2.67. The molecule has 1 aromatic heterocycles. The van der Waals surface area contributed by atoms with Crippen molar-refractivity contribution in [2.24, 2.45) is 0 Å². The molecule has 0 aliphatic heterocycles. The summed E-state index contributed by atoms with van der Waals surface area (Å²) in [6, 6.07) is 3.85. The second-order valence-electron chi connectivity index (χ2n) is 2.66. The number of halogens is 1. The minimum atomic E-state index is -0.668. The second-order valence-corrected chi connectivity index (χ2v) is 2.66. The van der Waals surface area contributed by atoms with Gasteiger partial charge in [-0.25, -0.2) is 9.18 Å². The maximum absolute atomic E-state index is 12.8. The average Bonchev–Trinajstić information content (AvgIpc) is 2.59. The number of hydrogen-bond donors (Lipinski definition) is 0. The summed E-state index contributed by atoms with van der Waals surface area (Å²) in [5.74, 6) is -1.20. The Morgan fingerprint density at radius 3 is 3.07 bits per heavy atom. The molecule has 0 spiro atoms. The zero-order valence-electron chi connectivity index (χ0n) is 7.28. The van der Waals surface area contributed by atoms with Crippen molar-refractivity contribution in [3.63, 3.8) is 0 Å². The summed E-state index contributed by atoms with van der Waals surface area (Å²) in [6.45, 7) is 0. The first-order valence-electron chi connectivity index (χ1n) is 3.85. The zero-order chi connectivity index (χ0) is 10.1. The van der Waals surface area contributed by atoms with Crippen LogP contribution in [0, 0.1) is 5.82 Å². The summed E-state index contributed by atoms with van der Waals surface area (Å²) in [7, 11) is 1.22. The fourth-order valence-corrected chi connectivity index (χ4v) is 1.15. The number of fused-ring (bicyclic) bond motifs is 1. The highest BCUT2D eigenvalue weighted by atomic mass is 19.1. The molecule has 0 unspecified atom stereocenters. The quantitative estimate of drug-likeness (QED) is 0.650. The summed E-state index contributed by atoms with van der Waals surface area (Å²) < 4.78 is 22.0. The van der Waals surface area contributed by atoms with Gasteiger partial charge in [0.05, 0.1) is 12.5 Å². The first kappa shape index (κ1) is 8.68. The minimum absolute atomic E-state index is 0.0815. The number of aromatic nitrogens is 1. The number of ether oxygens (including phenoxy) is 1. The number of benzene rings is 1. The van der Waals surface area contributed by atoms with Crippen molar-refractivity contribution in [3.8, 4) is 0 Å². The lowest BCUT2D eigenvalue weighted by Crippen LogP contribution is -1.99. The summed E-state index contributed by atoms with van der Waals surface area (Å²) in [4.78, 5) is 11.1. The molecule has 2 aromatic rings. The van der Waals surface area contributed by atoms with Gasteiger partial charge in [0.15, 0.2) is 0 Å². The number of nitrogens with zero attached hydrogens (tertiary/aromatic N) is 1. The van der Waals surface area contributed by atoms with Gasteiger partial charge in [0.1, 0.15) is 11.3 Å². The maximum Gasteiger partial charge on any atom is 0.377 e. The van der Waals surface area contributed by atoms with Crippen molar-refractivity contribution in [2.45, 2.75) is 0 Å². The topological polar surface area (TPSA) is 52.3 Å². The lowest BCUT2D eigenvalue weighted by atomic mass is 10.2. The first-order valence-corrected chi connectivity index (χ1v) is 3.85. The predicted molar refractivity (Wildman–Crippen MR) is 45.3 cm³/mol. The molecule has 4 nitrogen and oxygen atoms in total. The highest BCUT2D eigenvalue weighted by molar-refractivity contribution is 6.00. The smallest absolute Gasteiger partial charge is 0.377 e. The standard InChI is InChI=1S/C9H6FNO3/c1-13-9(12)8-6-4-5(10)2-3-7(6)11-14-8/h2-4H,1H3. The van der Waals surface area contributed by atoms with E-state index in [1.165, 1.54) is 25.3 Å². The molecule has 2 rings (SSSR count). The lowest BCUT2D eigenvalue weighted by molar-refractivity contribution is 0.0558. The van der Waals surface area contributed by atoms with Gasteiger partial charge >= 0.3 is 5.97 Å². The Kier molecular flexibility index (Phi) is 1.92. The van der Waals surface area contributed by atoms with Crippen LogP contribution in [0.15, 0.2) is 22.7 Å².